The lowest BCUT2D eigenvalue weighted by molar-refractivity contribution is 0.442. The Labute approximate surface area is 75.9 Å². The standard InChI is InChI=1S/C10H7ClO/c1-7-6-9(11)8-4-2-3-5-10(8)12-7/h2-6H,1H2. The highest BCUT2D eigenvalue weighted by Crippen LogP contribution is 2.34. The molecule has 1 aromatic rings. The van der Waals surface area contributed by atoms with Crippen LogP contribution in [0.1, 0.15) is 5.56 Å². The highest BCUT2D eigenvalue weighted by Gasteiger charge is 2.12. The molecule has 0 N–H and O–H groups in total. The molecule has 1 nitrogen and oxygen atoms in total. The van der Waals surface area contributed by atoms with E-state index in [9.17, 15) is 0 Å². The minimum Gasteiger partial charge on any atom is -0.457 e. The largest absolute Gasteiger partial charge is 0.457 e. The number of para-hydroxylation sites is 1. The van der Waals surface area contributed by atoms with Gasteiger partial charge in [-0.25, -0.2) is 0 Å². The molecular formula is C10H7ClO. The van der Waals surface area contributed by atoms with Crippen molar-refractivity contribution in [3.8, 4) is 5.75 Å². The molecule has 0 atom stereocenters. The summed E-state index contributed by atoms with van der Waals surface area (Å²) in [7, 11) is 0. The molecule has 0 radical (unpaired) electrons. The predicted molar refractivity (Wildman–Crippen MR) is 50.0 cm³/mol. The van der Waals surface area contributed by atoms with Crippen LogP contribution in [0.4, 0.5) is 0 Å². The van der Waals surface area contributed by atoms with Gasteiger partial charge in [-0.2, -0.15) is 0 Å². The fourth-order valence-electron chi connectivity index (χ4n) is 1.14. The molecule has 0 saturated heterocycles. The third-order valence-corrected chi connectivity index (χ3v) is 1.99. The summed E-state index contributed by atoms with van der Waals surface area (Å²) in [6.45, 7) is 3.68. The second kappa shape index (κ2) is 2.68. The maximum Gasteiger partial charge on any atom is 0.136 e. The quantitative estimate of drug-likeness (QED) is 0.593. The van der Waals surface area contributed by atoms with Gasteiger partial charge in [-0.15, -0.1) is 0 Å². The summed E-state index contributed by atoms with van der Waals surface area (Å²) in [4.78, 5) is 0. The zero-order valence-corrected chi connectivity index (χ0v) is 7.14. The van der Waals surface area contributed by atoms with E-state index in [1.165, 1.54) is 0 Å². The lowest BCUT2D eigenvalue weighted by atomic mass is 10.1. The number of allylic oxidation sites excluding steroid dienone is 1. The van der Waals surface area contributed by atoms with E-state index in [-0.39, 0.29) is 0 Å². The summed E-state index contributed by atoms with van der Waals surface area (Å²) in [6, 6.07) is 7.62. The monoisotopic (exact) mass is 178 g/mol. The lowest BCUT2D eigenvalue weighted by Crippen LogP contribution is -1.98. The Balaban J connectivity index is 2.60. The summed E-state index contributed by atoms with van der Waals surface area (Å²) in [5.41, 5.74) is 0.923. The van der Waals surface area contributed by atoms with Gasteiger partial charge in [0.25, 0.3) is 0 Å². The van der Waals surface area contributed by atoms with Crippen molar-refractivity contribution in [3.05, 3.63) is 48.2 Å². The van der Waals surface area contributed by atoms with Gasteiger partial charge in [0.2, 0.25) is 0 Å². The molecule has 1 aliphatic heterocycles. The minimum absolute atomic E-state index is 0.582. The van der Waals surface area contributed by atoms with Crippen LogP contribution in [-0.2, 0) is 0 Å². The molecule has 1 aliphatic rings. The van der Waals surface area contributed by atoms with Gasteiger partial charge >= 0.3 is 0 Å². The van der Waals surface area contributed by atoms with Gasteiger partial charge in [-0.1, -0.05) is 30.3 Å². The number of rotatable bonds is 0. The van der Waals surface area contributed by atoms with Gasteiger partial charge in [0.05, 0.1) is 5.03 Å². The Morgan fingerprint density at radius 1 is 1.25 bits per heavy atom. The van der Waals surface area contributed by atoms with Crippen LogP contribution in [0.15, 0.2) is 42.7 Å². The van der Waals surface area contributed by atoms with E-state index in [0.29, 0.717) is 10.8 Å². The van der Waals surface area contributed by atoms with Gasteiger partial charge in [0, 0.05) is 5.56 Å². The molecule has 2 rings (SSSR count). The third-order valence-electron chi connectivity index (χ3n) is 1.67. The summed E-state index contributed by atoms with van der Waals surface area (Å²) < 4.78 is 5.35. The number of fused-ring (bicyclic) bond motifs is 1. The SMILES string of the molecule is C=C1C=C(Cl)c2ccccc2O1. The molecule has 60 valence electrons. The molecule has 0 spiro atoms. The van der Waals surface area contributed by atoms with E-state index in [1.54, 1.807) is 6.08 Å². The number of ether oxygens (including phenoxy) is 1. The van der Waals surface area contributed by atoms with Crippen molar-refractivity contribution in [3.63, 3.8) is 0 Å². The Morgan fingerprint density at radius 2 is 2.00 bits per heavy atom. The van der Waals surface area contributed by atoms with Gasteiger partial charge in [0.15, 0.2) is 0 Å². The first-order valence-electron chi connectivity index (χ1n) is 3.61. The lowest BCUT2D eigenvalue weighted by Gasteiger charge is -2.15. The van der Waals surface area contributed by atoms with Gasteiger partial charge in [-0.3, -0.25) is 0 Å². The van der Waals surface area contributed by atoms with Crippen LogP contribution in [0.2, 0.25) is 0 Å². The zero-order valence-electron chi connectivity index (χ0n) is 6.38. The average Bonchev–Trinajstić information content (AvgIpc) is 2.04. The maximum absolute atomic E-state index is 5.96. The molecular weight excluding hydrogens is 172 g/mol. The van der Waals surface area contributed by atoms with Crippen LogP contribution < -0.4 is 4.74 Å². The Morgan fingerprint density at radius 3 is 2.83 bits per heavy atom. The fraction of sp³-hybridized carbons (Fsp3) is 0. The summed E-state index contributed by atoms with van der Waals surface area (Å²) in [5, 5.41) is 0.682. The molecule has 0 aliphatic carbocycles. The van der Waals surface area contributed by atoms with E-state index < -0.39 is 0 Å². The van der Waals surface area contributed by atoms with Crippen molar-refractivity contribution >= 4 is 16.6 Å². The van der Waals surface area contributed by atoms with Gasteiger partial charge in [-0.05, 0) is 18.2 Å². The van der Waals surface area contributed by atoms with Gasteiger partial charge in [0.1, 0.15) is 11.5 Å². The maximum atomic E-state index is 5.96. The number of hydrogen-bond acceptors (Lipinski definition) is 1. The van der Waals surface area contributed by atoms with E-state index in [1.807, 2.05) is 24.3 Å². The molecule has 1 aromatic carbocycles. The molecule has 0 aromatic heterocycles. The average molecular weight is 179 g/mol. The molecule has 0 saturated carbocycles. The first-order valence-corrected chi connectivity index (χ1v) is 3.98. The fourth-order valence-corrected chi connectivity index (χ4v) is 1.42. The van der Waals surface area contributed by atoms with Crippen LogP contribution >= 0.6 is 11.6 Å². The van der Waals surface area contributed by atoms with Crippen LogP contribution in [0.5, 0.6) is 5.75 Å². The highest BCUT2D eigenvalue weighted by molar-refractivity contribution is 6.49. The smallest absolute Gasteiger partial charge is 0.136 e. The number of halogens is 1. The van der Waals surface area contributed by atoms with Crippen LogP contribution in [0.25, 0.3) is 5.03 Å². The van der Waals surface area contributed by atoms with Crippen molar-refractivity contribution in [2.24, 2.45) is 0 Å². The predicted octanol–water partition coefficient (Wildman–Crippen LogP) is 3.17. The Hall–Kier alpha value is -1.21. The van der Waals surface area contributed by atoms with Crippen molar-refractivity contribution < 1.29 is 4.74 Å². The summed E-state index contributed by atoms with van der Waals surface area (Å²) >= 11 is 5.96. The van der Waals surface area contributed by atoms with Crippen LogP contribution in [-0.4, -0.2) is 0 Å². The van der Waals surface area contributed by atoms with E-state index >= 15 is 0 Å². The molecule has 0 bridgehead atoms. The molecule has 1 heterocycles. The topological polar surface area (TPSA) is 9.23 Å². The van der Waals surface area contributed by atoms with Crippen LogP contribution in [0.3, 0.4) is 0 Å². The van der Waals surface area contributed by atoms with Crippen molar-refractivity contribution in [2.75, 3.05) is 0 Å². The van der Waals surface area contributed by atoms with Crippen molar-refractivity contribution in [2.45, 2.75) is 0 Å². The Bertz CT molecular complexity index is 366. The first kappa shape index (κ1) is 7.44. The zero-order chi connectivity index (χ0) is 8.55. The normalized spacial score (nSPS) is 14.8. The molecule has 2 heteroatoms. The summed E-state index contributed by atoms with van der Waals surface area (Å²) in [6.07, 6.45) is 1.71. The number of benzene rings is 1. The molecule has 0 unspecified atom stereocenters. The van der Waals surface area contributed by atoms with E-state index in [2.05, 4.69) is 6.58 Å². The summed E-state index contributed by atoms with van der Waals surface area (Å²) in [5.74, 6) is 1.36. The second-order valence-electron chi connectivity index (χ2n) is 2.56. The van der Waals surface area contributed by atoms with E-state index in [4.69, 9.17) is 16.3 Å². The highest BCUT2D eigenvalue weighted by atomic mass is 35.5. The molecule has 0 amide bonds. The Kier molecular flexibility index (Phi) is 1.66. The first-order chi connectivity index (χ1) is 5.77. The minimum atomic E-state index is 0.582. The van der Waals surface area contributed by atoms with Gasteiger partial charge < -0.3 is 4.74 Å². The molecule has 12 heavy (non-hydrogen) atoms. The number of hydrogen-bond donors (Lipinski definition) is 0. The molecule has 0 fully saturated rings. The third kappa shape index (κ3) is 1.12. The van der Waals surface area contributed by atoms with Crippen molar-refractivity contribution in [1.82, 2.24) is 0 Å². The second-order valence-corrected chi connectivity index (χ2v) is 2.96. The van der Waals surface area contributed by atoms with Crippen molar-refractivity contribution in [1.29, 1.82) is 0 Å². The van der Waals surface area contributed by atoms with E-state index in [0.717, 1.165) is 11.3 Å². The van der Waals surface area contributed by atoms with Crippen LogP contribution in [0, 0.1) is 0 Å².